The average Bonchev–Trinajstić information content (AvgIpc) is 2.57. The number of carbonyl (C=O) groups excluding carboxylic acids is 2. The predicted octanol–water partition coefficient (Wildman–Crippen LogP) is 2.27. The van der Waals surface area contributed by atoms with Crippen LogP contribution < -0.4 is 0 Å². The van der Waals surface area contributed by atoms with Gasteiger partial charge in [0.25, 0.3) is 5.91 Å². The summed E-state index contributed by atoms with van der Waals surface area (Å²) in [6, 6.07) is 3.83. The van der Waals surface area contributed by atoms with E-state index in [1.807, 2.05) is 19.1 Å². The Labute approximate surface area is 107 Å². The maximum atomic E-state index is 11.9. The summed E-state index contributed by atoms with van der Waals surface area (Å²) in [6.07, 6.45) is 0.320. The van der Waals surface area contributed by atoms with Crippen LogP contribution in [0.15, 0.2) is 24.3 Å². The van der Waals surface area contributed by atoms with Gasteiger partial charge in [0, 0.05) is 25.6 Å². The molecule has 1 aromatic rings. The minimum atomic E-state index is 0.0214. The van der Waals surface area contributed by atoms with Crippen LogP contribution in [0.3, 0.4) is 0 Å². The molecule has 1 aliphatic heterocycles. The normalized spacial score (nSPS) is 13.7. The molecule has 1 amide bonds. The molecule has 18 heavy (non-hydrogen) atoms. The van der Waals surface area contributed by atoms with Crippen molar-refractivity contribution in [1.29, 1.82) is 0 Å². The van der Waals surface area contributed by atoms with Crippen molar-refractivity contribution in [2.24, 2.45) is 0 Å². The summed E-state index contributed by atoms with van der Waals surface area (Å²) in [4.78, 5) is 25.3. The van der Waals surface area contributed by atoms with Crippen LogP contribution in [-0.2, 0) is 17.8 Å². The quantitative estimate of drug-likeness (QED) is 0.764. The second-order valence-electron chi connectivity index (χ2n) is 4.98. The molecular formula is C15H17NO2. The van der Waals surface area contributed by atoms with Gasteiger partial charge in [0.2, 0.25) is 0 Å². The van der Waals surface area contributed by atoms with Gasteiger partial charge >= 0.3 is 0 Å². The molecule has 0 aromatic heterocycles. The lowest BCUT2D eigenvalue weighted by Gasteiger charge is -2.06. The van der Waals surface area contributed by atoms with Crippen molar-refractivity contribution >= 4 is 11.7 Å². The maximum Gasteiger partial charge on any atom is 0.254 e. The zero-order chi connectivity index (χ0) is 13.4. The monoisotopic (exact) mass is 243 g/mol. The van der Waals surface area contributed by atoms with Crippen molar-refractivity contribution in [2.45, 2.75) is 26.8 Å². The number of hydrogen-bond donors (Lipinski definition) is 0. The fourth-order valence-electron chi connectivity index (χ4n) is 2.25. The van der Waals surface area contributed by atoms with Crippen LogP contribution in [0.25, 0.3) is 0 Å². The smallest absolute Gasteiger partial charge is 0.254 e. The van der Waals surface area contributed by atoms with E-state index in [4.69, 9.17) is 0 Å². The third-order valence-corrected chi connectivity index (χ3v) is 3.35. The molecule has 0 unspecified atom stereocenters. The molecule has 1 aliphatic rings. The largest absolute Gasteiger partial charge is 0.337 e. The summed E-state index contributed by atoms with van der Waals surface area (Å²) in [7, 11) is 1.79. The number of rotatable bonds is 3. The van der Waals surface area contributed by atoms with Crippen molar-refractivity contribution in [3.8, 4) is 0 Å². The zero-order valence-corrected chi connectivity index (χ0v) is 11.0. The Hall–Kier alpha value is -1.90. The van der Waals surface area contributed by atoms with Gasteiger partial charge in [-0.2, -0.15) is 0 Å². The number of carbonyl (C=O) groups is 2. The number of ketones is 1. The van der Waals surface area contributed by atoms with Gasteiger partial charge in [0.1, 0.15) is 0 Å². The molecule has 3 heteroatoms. The molecule has 0 atom stereocenters. The first-order valence-electron chi connectivity index (χ1n) is 5.96. The van der Waals surface area contributed by atoms with Crippen molar-refractivity contribution in [2.75, 3.05) is 7.05 Å². The molecule has 3 nitrogen and oxygen atoms in total. The van der Waals surface area contributed by atoms with Crippen LogP contribution in [0, 0.1) is 6.92 Å². The third kappa shape index (κ3) is 2.08. The van der Waals surface area contributed by atoms with E-state index < -0.39 is 0 Å². The molecular weight excluding hydrogens is 226 g/mol. The highest BCUT2D eigenvalue weighted by Gasteiger charge is 2.26. The molecule has 1 heterocycles. The fraction of sp³-hybridized carbons (Fsp3) is 0.333. The van der Waals surface area contributed by atoms with E-state index in [2.05, 4.69) is 6.58 Å². The Balaban J connectivity index is 2.37. The lowest BCUT2D eigenvalue weighted by molar-refractivity contribution is -0.114. The van der Waals surface area contributed by atoms with Crippen LogP contribution in [-0.4, -0.2) is 23.6 Å². The first-order chi connectivity index (χ1) is 8.40. The molecule has 0 saturated carbocycles. The van der Waals surface area contributed by atoms with Crippen LogP contribution in [0.4, 0.5) is 0 Å². The van der Waals surface area contributed by atoms with Gasteiger partial charge in [-0.15, -0.1) is 0 Å². The Morgan fingerprint density at radius 2 is 2.11 bits per heavy atom. The number of nitrogens with zero attached hydrogens (tertiary/aromatic N) is 1. The molecule has 0 saturated heterocycles. The standard InChI is InChI=1S/C15H17NO2/c1-9(2)14(17)7-11-5-10(3)13-8-16(4)15(18)12(13)6-11/h5-6H,1,7-8H2,2-4H3. The summed E-state index contributed by atoms with van der Waals surface area (Å²) < 4.78 is 0. The van der Waals surface area contributed by atoms with Gasteiger partial charge in [-0.25, -0.2) is 0 Å². The first-order valence-corrected chi connectivity index (χ1v) is 5.96. The number of Topliss-reactive ketones (excluding diaryl/α,β-unsaturated/α-hetero) is 1. The highest BCUT2D eigenvalue weighted by molar-refractivity contribution is 6.00. The van der Waals surface area contributed by atoms with Gasteiger partial charge in [0.15, 0.2) is 5.78 Å². The van der Waals surface area contributed by atoms with Gasteiger partial charge in [-0.3, -0.25) is 9.59 Å². The Bertz CT molecular complexity index is 558. The lowest BCUT2D eigenvalue weighted by atomic mass is 9.96. The van der Waals surface area contributed by atoms with Crippen LogP contribution in [0.2, 0.25) is 0 Å². The molecule has 0 spiro atoms. The fourth-order valence-corrected chi connectivity index (χ4v) is 2.25. The van der Waals surface area contributed by atoms with Crippen LogP contribution in [0.1, 0.15) is 34.0 Å². The molecule has 1 aromatic carbocycles. The van der Waals surface area contributed by atoms with E-state index in [1.54, 1.807) is 18.9 Å². The summed E-state index contributed by atoms with van der Waals surface area (Å²) in [6.45, 7) is 8.01. The number of fused-ring (bicyclic) bond motifs is 1. The molecule has 0 bridgehead atoms. The van der Waals surface area contributed by atoms with Crippen molar-refractivity contribution in [3.05, 3.63) is 46.5 Å². The number of allylic oxidation sites excluding steroid dienone is 1. The number of hydrogen-bond acceptors (Lipinski definition) is 2. The molecule has 94 valence electrons. The van der Waals surface area contributed by atoms with Crippen molar-refractivity contribution in [3.63, 3.8) is 0 Å². The summed E-state index contributed by atoms with van der Waals surface area (Å²) >= 11 is 0. The SMILES string of the molecule is C=C(C)C(=O)Cc1cc(C)c2c(c1)C(=O)N(C)C2. The zero-order valence-electron chi connectivity index (χ0n) is 11.0. The Kier molecular flexibility index (Phi) is 3.07. The first kappa shape index (κ1) is 12.6. The molecule has 0 N–H and O–H groups in total. The van der Waals surface area contributed by atoms with Gasteiger partial charge in [-0.1, -0.05) is 12.6 Å². The second-order valence-corrected chi connectivity index (χ2v) is 4.98. The van der Waals surface area contributed by atoms with Crippen molar-refractivity contribution in [1.82, 2.24) is 4.90 Å². The lowest BCUT2D eigenvalue weighted by Crippen LogP contribution is -2.17. The number of aryl methyl sites for hydroxylation is 1. The summed E-state index contributed by atoms with van der Waals surface area (Å²) in [5.41, 5.74) is 4.34. The van der Waals surface area contributed by atoms with E-state index in [1.165, 1.54) is 0 Å². The van der Waals surface area contributed by atoms with Crippen LogP contribution in [0.5, 0.6) is 0 Å². The van der Waals surface area contributed by atoms with E-state index in [-0.39, 0.29) is 11.7 Å². The molecule has 0 aliphatic carbocycles. The molecule has 0 fully saturated rings. The van der Waals surface area contributed by atoms with E-state index >= 15 is 0 Å². The summed E-state index contributed by atoms with van der Waals surface area (Å²) in [5.74, 6) is 0.0610. The highest BCUT2D eigenvalue weighted by atomic mass is 16.2. The third-order valence-electron chi connectivity index (χ3n) is 3.35. The van der Waals surface area contributed by atoms with Crippen LogP contribution >= 0.6 is 0 Å². The maximum absolute atomic E-state index is 11.9. The van der Waals surface area contributed by atoms with E-state index in [9.17, 15) is 9.59 Å². The number of benzene rings is 1. The molecule has 2 rings (SSSR count). The topological polar surface area (TPSA) is 37.4 Å². The van der Waals surface area contributed by atoms with Gasteiger partial charge in [0.05, 0.1) is 0 Å². The Morgan fingerprint density at radius 3 is 2.72 bits per heavy atom. The second kappa shape index (κ2) is 4.41. The van der Waals surface area contributed by atoms with Gasteiger partial charge < -0.3 is 4.90 Å². The Morgan fingerprint density at radius 1 is 1.44 bits per heavy atom. The minimum Gasteiger partial charge on any atom is -0.337 e. The minimum absolute atomic E-state index is 0.0214. The molecule has 0 radical (unpaired) electrons. The summed E-state index contributed by atoms with van der Waals surface area (Å²) in [5, 5.41) is 0. The number of amides is 1. The van der Waals surface area contributed by atoms with E-state index in [0.717, 1.165) is 22.3 Å². The van der Waals surface area contributed by atoms with Gasteiger partial charge in [-0.05, 0) is 42.2 Å². The van der Waals surface area contributed by atoms with Crippen molar-refractivity contribution < 1.29 is 9.59 Å². The van der Waals surface area contributed by atoms with E-state index in [0.29, 0.717) is 18.5 Å². The predicted molar refractivity (Wildman–Crippen MR) is 70.5 cm³/mol. The average molecular weight is 243 g/mol. The highest BCUT2D eigenvalue weighted by Crippen LogP contribution is 2.26.